The second-order valence-electron chi connectivity index (χ2n) is 0.513. The van der Waals surface area contributed by atoms with Crippen LogP contribution in [0.5, 0.6) is 0 Å². The van der Waals surface area contributed by atoms with Gasteiger partial charge >= 0.3 is 61.8 Å². The Labute approximate surface area is 121 Å². The van der Waals surface area contributed by atoms with E-state index < -0.39 is 20.5 Å². The van der Waals surface area contributed by atoms with Crippen molar-refractivity contribution in [3.8, 4) is 0 Å². The van der Waals surface area contributed by atoms with Gasteiger partial charge in [0.25, 0.3) is 11.4 Å². The predicted octanol–water partition coefficient (Wildman–Crippen LogP) is -6.16. The van der Waals surface area contributed by atoms with Gasteiger partial charge in [0.05, 0.1) is 0 Å². The van der Waals surface area contributed by atoms with E-state index in [-0.39, 0.29) is 74.3 Å². The summed E-state index contributed by atoms with van der Waals surface area (Å²) in [6.45, 7) is 0. The van der Waals surface area contributed by atoms with Crippen LogP contribution in [0.4, 0.5) is 0 Å². The standard InChI is InChI=1S/Al.Mg.Na.H2O3S.H2O3Si.6H/c;;;2*1-4(2)3;;;;;;/h;;;(H2,1,2,3);1-2H;;;;;;/q;+2;+1;;;;;;3*-1. The zero-order valence-corrected chi connectivity index (χ0v) is 10.5. The van der Waals surface area contributed by atoms with Crippen molar-refractivity contribution in [1.29, 1.82) is 0 Å². The molecule has 0 aromatic heterocycles. The molecule has 11 heteroatoms. The fraction of sp³-hybridized carbons (Fsp3) is 0. The number of rotatable bonds is 0. The molecule has 0 saturated carbocycles. The summed E-state index contributed by atoms with van der Waals surface area (Å²) >= 11 is -2.61. The molecule has 0 spiro atoms. The molecule has 0 radical (unpaired) electrons. The minimum absolute atomic E-state index is 0. The Morgan fingerprint density at radius 2 is 1.27 bits per heavy atom. The van der Waals surface area contributed by atoms with Gasteiger partial charge in [-0.15, -0.1) is 0 Å². The average Bonchev–Trinajstić information content (AvgIpc) is 1.25. The first kappa shape index (κ1) is 29.3. The molecule has 0 aromatic rings. The summed E-state index contributed by atoms with van der Waals surface area (Å²) in [6.07, 6.45) is 0. The van der Waals surface area contributed by atoms with Gasteiger partial charge in [0.1, 0.15) is 0 Å². The first-order chi connectivity index (χ1) is 3.46. The number of hydrogen-bond donors (Lipinski definition) is 4. The van der Waals surface area contributed by atoms with E-state index in [0.717, 1.165) is 0 Å². The Bertz CT molecular complexity index is 91.1. The quantitative estimate of drug-likeness (QED) is 0.247. The first-order valence-corrected chi connectivity index (χ1v) is 3.55. The summed E-state index contributed by atoms with van der Waals surface area (Å²) in [5.74, 6) is 0. The summed E-state index contributed by atoms with van der Waals surface area (Å²) in [5, 5.41) is 0. The molecule has 0 bridgehead atoms. The average molecular weight is 241 g/mol. The van der Waals surface area contributed by atoms with Gasteiger partial charge in [-0.05, 0) is 0 Å². The Morgan fingerprint density at radius 1 is 1.27 bits per heavy atom. The molecule has 0 aromatic carbocycles. The van der Waals surface area contributed by atoms with Gasteiger partial charge in [0.15, 0.2) is 17.4 Å². The molecule has 0 aliphatic rings. The third-order valence-corrected chi connectivity index (χ3v) is 0. The van der Waals surface area contributed by atoms with Gasteiger partial charge in [-0.1, -0.05) is 0 Å². The van der Waals surface area contributed by atoms with Crippen LogP contribution in [-0.2, 0) is 15.8 Å². The molecule has 0 amide bonds. The van der Waals surface area contributed by atoms with Crippen molar-refractivity contribution >= 4 is 60.9 Å². The van der Waals surface area contributed by atoms with E-state index in [1.165, 1.54) is 0 Å². The van der Waals surface area contributed by atoms with Crippen LogP contribution in [0, 0.1) is 0 Å². The molecule has 0 aliphatic carbocycles. The van der Waals surface area contributed by atoms with Gasteiger partial charge in [0.2, 0.25) is 0 Å². The van der Waals surface area contributed by atoms with Crippen molar-refractivity contribution in [2.24, 2.45) is 0 Å². The second-order valence-corrected chi connectivity index (χ2v) is 1.54. The Morgan fingerprint density at radius 3 is 1.27 bits per heavy atom. The summed E-state index contributed by atoms with van der Waals surface area (Å²) in [7, 11) is -3.13. The Balaban J connectivity index is -0.00000000600. The van der Waals surface area contributed by atoms with Crippen LogP contribution in [0.3, 0.4) is 0 Å². The van der Waals surface area contributed by atoms with E-state index in [0.29, 0.717) is 0 Å². The van der Waals surface area contributed by atoms with Crippen LogP contribution >= 0.6 is 0 Å². The largest absolute Gasteiger partial charge is 2.00 e. The van der Waals surface area contributed by atoms with E-state index in [9.17, 15) is 0 Å². The van der Waals surface area contributed by atoms with Crippen molar-refractivity contribution in [1.82, 2.24) is 0 Å². The molecule has 62 valence electrons. The van der Waals surface area contributed by atoms with Crippen molar-refractivity contribution in [2.45, 2.75) is 0 Å². The molecule has 0 fully saturated rings. The molecule has 0 unspecified atom stereocenters. The minimum atomic E-state index is -3.13. The monoisotopic (exact) mass is 240 g/mol. The van der Waals surface area contributed by atoms with E-state index in [2.05, 4.69) is 0 Å². The van der Waals surface area contributed by atoms with Gasteiger partial charge in [-0.2, -0.15) is 4.21 Å². The summed E-state index contributed by atoms with van der Waals surface area (Å²) < 4.78 is 31.6. The third kappa shape index (κ3) is 303. The van der Waals surface area contributed by atoms with Crippen molar-refractivity contribution in [3.63, 3.8) is 0 Å². The second kappa shape index (κ2) is 22.7. The van der Waals surface area contributed by atoms with Crippen LogP contribution in [0.2, 0.25) is 0 Å². The summed E-state index contributed by atoms with van der Waals surface area (Å²) in [4.78, 5) is 14.3. The maximum atomic E-state index is 8.74. The van der Waals surface area contributed by atoms with Crippen LogP contribution in [0.1, 0.15) is 4.28 Å². The maximum absolute atomic E-state index is 8.74. The third-order valence-electron chi connectivity index (χ3n) is 0. The van der Waals surface area contributed by atoms with E-state index in [1.54, 1.807) is 0 Å². The molecule has 0 aliphatic heterocycles. The maximum Gasteiger partial charge on any atom is 2.00 e. The van der Waals surface area contributed by atoms with E-state index in [1.807, 2.05) is 0 Å². The normalized spacial score (nSPS) is 5.36. The molecule has 0 atom stereocenters. The van der Waals surface area contributed by atoms with Gasteiger partial charge in [-0.3, -0.25) is 13.6 Å². The zero-order chi connectivity index (χ0) is 7.15. The fourth-order valence-electron chi connectivity index (χ4n) is 0. The van der Waals surface area contributed by atoms with Gasteiger partial charge < -0.3 is 13.9 Å². The first-order valence-electron chi connectivity index (χ1n) is 1.18. The topological polar surface area (TPSA) is 115 Å². The Hall–Kier alpha value is 1.99. The predicted molar refractivity (Wildman–Crippen MR) is 43.3 cm³/mol. The zero-order valence-electron chi connectivity index (χ0n) is 8.22. The summed E-state index contributed by atoms with van der Waals surface area (Å²) in [5.41, 5.74) is 0. The molecule has 4 N–H and O–H groups in total. The molecule has 0 saturated heterocycles. The molecule has 11 heavy (non-hydrogen) atoms. The van der Waals surface area contributed by atoms with Crippen molar-refractivity contribution < 1.29 is 61.2 Å². The summed E-state index contributed by atoms with van der Waals surface area (Å²) in [6, 6.07) is 0. The molecular formula is H10AlMgNaO6SSi. The van der Waals surface area contributed by atoms with Crippen LogP contribution < -0.4 is 29.6 Å². The van der Waals surface area contributed by atoms with Gasteiger partial charge in [0, 0.05) is 0 Å². The number of hydrogen-bond acceptors (Lipinski definition) is 2. The van der Waals surface area contributed by atoms with Gasteiger partial charge in [-0.25, -0.2) is 0 Å². The van der Waals surface area contributed by atoms with Crippen LogP contribution in [0.25, 0.3) is 0 Å². The van der Waals surface area contributed by atoms with Crippen molar-refractivity contribution in [3.05, 3.63) is 0 Å². The molecule has 0 heterocycles. The molecule has 6 nitrogen and oxygen atoms in total. The Kier molecular flexibility index (Phi) is 60.3. The van der Waals surface area contributed by atoms with E-state index >= 15 is 0 Å². The smallest absolute Gasteiger partial charge is 1.00 e. The molecular weight excluding hydrogens is 230 g/mol. The molecule has 0 rings (SSSR count). The van der Waals surface area contributed by atoms with Crippen LogP contribution in [0.15, 0.2) is 0 Å². The minimum Gasteiger partial charge on any atom is -1.00 e. The fourth-order valence-corrected chi connectivity index (χ4v) is 0. The van der Waals surface area contributed by atoms with E-state index in [4.69, 9.17) is 27.4 Å². The van der Waals surface area contributed by atoms with Crippen molar-refractivity contribution in [2.75, 3.05) is 0 Å². The van der Waals surface area contributed by atoms with Crippen LogP contribution in [-0.4, -0.2) is 72.5 Å². The SMILES string of the molecule is O=S(O)O.O=[Si](O)O.[AlH3].[H-].[H-].[H-].[Mg+2].[Na+].